The van der Waals surface area contributed by atoms with Gasteiger partial charge in [0.25, 0.3) is 0 Å². The van der Waals surface area contributed by atoms with E-state index in [-0.39, 0.29) is 11.8 Å². The smallest absolute Gasteiger partial charge is 0.212 e. The van der Waals surface area contributed by atoms with Crippen molar-refractivity contribution < 1.29 is 8.42 Å². The highest BCUT2D eigenvalue weighted by molar-refractivity contribution is 7.88. The Morgan fingerprint density at radius 1 is 1.24 bits per heavy atom. The average Bonchev–Trinajstić information content (AvgIpc) is 2.30. The third-order valence-electron chi connectivity index (χ3n) is 3.29. The third-order valence-corrected chi connectivity index (χ3v) is 5.25. The zero-order chi connectivity index (χ0) is 12.3. The highest BCUT2D eigenvalue weighted by atomic mass is 32.2. The van der Waals surface area contributed by atoms with Crippen LogP contribution < -0.4 is 0 Å². The van der Waals surface area contributed by atoms with Crippen molar-refractivity contribution in [2.24, 2.45) is 0 Å². The van der Waals surface area contributed by atoms with Crippen LogP contribution in [0.25, 0.3) is 0 Å². The molecule has 0 saturated carbocycles. The Morgan fingerprint density at radius 2 is 1.94 bits per heavy atom. The standard InChI is InChI=1S/C13H19NO2S/c1-12-7-5-6-10-14(12)17(15,16)11-13-8-3-2-4-9-13/h2-4,8-9,12H,5-7,10-11H2,1H3. The maximum Gasteiger partial charge on any atom is 0.218 e. The van der Waals surface area contributed by atoms with Crippen LogP contribution in [0.15, 0.2) is 30.3 Å². The first kappa shape index (κ1) is 12.6. The van der Waals surface area contributed by atoms with Crippen LogP contribution in [0.5, 0.6) is 0 Å². The molecule has 1 fully saturated rings. The summed E-state index contributed by atoms with van der Waals surface area (Å²) >= 11 is 0. The second-order valence-corrected chi connectivity index (χ2v) is 6.62. The van der Waals surface area contributed by atoms with Crippen LogP contribution in [-0.2, 0) is 15.8 Å². The lowest BCUT2D eigenvalue weighted by Crippen LogP contribution is -2.42. The lowest BCUT2D eigenvalue weighted by atomic mass is 10.1. The maximum absolute atomic E-state index is 12.3. The molecule has 94 valence electrons. The molecule has 1 aliphatic heterocycles. The fraction of sp³-hybridized carbons (Fsp3) is 0.538. The minimum atomic E-state index is -3.15. The summed E-state index contributed by atoms with van der Waals surface area (Å²) < 4.78 is 26.3. The Hall–Kier alpha value is -0.870. The molecule has 0 N–H and O–H groups in total. The van der Waals surface area contributed by atoms with E-state index in [1.54, 1.807) is 4.31 Å². The van der Waals surface area contributed by atoms with Gasteiger partial charge in [-0.2, -0.15) is 4.31 Å². The molecule has 1 saturated heterocycles. The highest BCUT2D eigenvalue weighted by Gasteiger charge is 2.29. The normalized spacial score (nSPS) is 22.5. The van der Waals surface area contributed by atoms with Crippen LogP contribution >= 0.6 is 0 Å². The SMILES string of the molecule is CC1CCCCN1S(=O)(=O)Cc1ccccc1. The minimum Gasteiger partial charge on any atom is -0.212 e. The van der Waals surface area contributed by atoms with Crippen molar-refractivity contribution in [3.63, 3.8) is 0 Å². The van der Waals surface area contributed by atoms with E-state index in [1.165, 1.54) is 0 Å². The lowest BCUT2D eigenvalue weighted by Gasteiger charge is -2.32. The summed E-state index contributed by atoms with van der Waals surface area (Å²) in [6.45, 7) is 2.68. The molecule has 1 aromatic carbocycles. The summed E-state index contributed by atoms with van der Waals surface area (Å²) in [4.78, 5) is 0. The van der Waals surface area contributed by atoms with Gasteiger partial charge >= 0.3 is 0 Å². The monoisotopic (exact) mass is 253 g/mol. The van der Waals surface area contributed by atoms with Crippen molar-refractivity contribution in [1.82, 2.24) is 4.31 Å². The Labute approximate surface area is 104 Å². The van der Waals surface area contributed by atoms with Crippen molar-refractivity contribution in [2.75, 3.05) is 6.54 Å². The topological polar surface area (TPSA) is 37.4 Å². The summed E-state index contributed by atoms with van der Waals surface area (Å²) in [6.07, 6.45) is 3.10. The zero-order valence-electron chi connectivity index (χ0n) is 10.2. The molecule has 1 unspecified atom stereocenters. The molecule has 1 atom stereocenters. The summed E-state index contributed by atoms with van der Waals surface area (Å²) in [7, 11) is -3.15. The molecule has 17 heavy (non-hydrogen) atoms. The molecule has 0 aliphatic carbocycles. The van der Waals surface area contributed by atoms with Crippen molar-refractivity contribution in [1.29, 1.82) is 0 Å². The van der Waals surface area contributed by atoms with E-state index in [0.717, 1.165) is 24.8 Å². The van der Waals surface area contributed by atoms with E-state index in [0.29, 0.717) is 6.54 Å². The van der Waals surface area contributed by atoms with Crippen molar-refractivity contribution in [3.8, 4) is 0 Å². The number of nitrogens with zero attached hydrogens (tertiary/aromatic N) is 1. The maximum atomic E-state index is 12.3. The second-order valence-electron chi connectivity index (χ2n) is 4.70. The van der Waals surface area contributed by atoms with E-state index in [2.05, 4.69) is 0 Å². The van der Waals surface area contributed by atoms with Gasteiger partial charge in [-0.25, -0.2) is 8.42 Å². The van der Waals surface area contributed by atoms with Crippen molar-refractivity contribution >= 4 is 10.0 Å². The van der Waals surface area contributed by atoms with Crippen molar-refractivity contribution in [3.05, 3.63) is 35.9 Å². The van der Waals surface area contributed by atoms with Crippen molar-refractivity contribution in [2.45, 2.75) is 38.0 Å². The third kappa shape index (κ3) is 3.07. The number of hydrogen-bond acceptors (Lipinski definition) is 2. The summed E-state index contributed by atoms with van der Waals surface area (Å²) in [5, 5.41) is 0. The highest BCUT2D eigenvalue weighted by Crippen LogP contribution is 2.22. The van der Waals surface area contributed by atoms with Gasteiger partial charge in [0.1, 0.15) is 0 Å². The first-order valence-electron chi connectivity index (χ1n) is 6.13. The summed E-state index contributed by atoms with van der Waals surface area (Å²) in [5.74, 6) is 0.123. The van der Waals surface area contributed by atoms with Crippen LogP contribution in [0.3, 0.4) is 0 Å². The van der Waals surface area contributed by atoms with Crippen LogP contribution in [0.1, 0.15) is 31.7 Å². The van der Waals surface area contributed by atoms with E-state index >= 15 is 0 Å². The van der Waals surface area contributed by atoms with E-state index in [1.807, 2.05) is 37.3 Å². The molecule has 0 spiro atoms. The molecule has 1 heterocycles. The molecular formula is C13H19NO2S. The van der Waals surface area contributed by atoms with Gasteiger partial charge in [0.05, 0.1) is 5.75 Å². The Balaban J connectivity index is 2.13. The van der Waals surface area contributed by atoms with Gasteiger partial charge in [-0.3, -0.25) is 0 Å². The van der Waals surface area contributed by atoms with Gasteiger partial charge in [-0.05, 0) is 25.3 Å². The molecule has 0 aromatic heterocycles. The van der Waals surface area contributed by atoms with Crippen LogP contribution in [0.2, 0.25) is 0 Å². The Kier molecular flexibility index (Phi) is 3.84. The molecule has 4 heteroatoms. The number of benzene rings is 1. The number of sulfonamides is 1. The van der Waals surface area contributed by atoms with Crippen LogP contribution in [-0.4, -0.2) is 25.3 Å². The number of hydrogen-bond donors (Lipinski definition) is 0. The Bertz CT molecular complexity index is 456. The second kappa shape index (κ2) is 5.19. The first-order valence-corrected chi connectivity index (χ1v) is 7.74. The molecule has 3 nitrogen and oxygen atoms in total. The van der Waals surface area contributed by atoms with Gasteiger partial charge in [0.15, 0.2) is 0 Å². The zero-order valence-corrected chi connectivity index (χ0v) is 11.0. The van der Waals surface area contributed by atoms with E-state index in [4.69, 9.17) is 0 Å². The van der Waals surface area contributed by atoms with Gasteiger partial charge in [0.2, 0.25) is 10.0 Å². The van der Waals surface area contributed by atoms with Gasteiger partial charge in [-0.1, -0.05) is 36.8 Å². The molecular weight excluding hydrogens is 234 g/mol. The van der Waals surface area contributed by atoms with Crippen LogP contribution in [0, 0.1) is 0 Å². The fourth-order valence-corrected chi connectivity index (χ4v) is 4.19. The molecule has 0 radical (unpaired) electrons. The molecule has 2 rings (SSSR count). The van der Waals surface area contributed by atoms with Gasteiger partial charge in [0, 0.05) is 12.6 Å². The van der Waals surface area contributed by atoms with Gasteiger partial charge in [-0.15, -0.1) is 0 Å². The molecule has 0 amide bonds. The lowest BCUT2D eigenvalue weighted by molar-refractivity contribution is 0.268. The fourth-order valence-electron chi connectivity index (χ4n) is 2.35. The summed E-state index contributed by atoms with van der Waals surface area (Å²) in [6, 6.07) is 9.55. The van der Waals surface area contributed by atoms with Gasteiger partial charge < -0.3 is 0 Å². The van der Waals surface area contributed by atoms with E-state index < -0.39 is 10.0 Å². The summed E-state index contributed by atoms with van der Waals surface area (Å²) in [5.41, 5.74) is 0.866. The predicted octanol–water partition coefficient (Wildman–Crippen LogP) is 2.39. The molecule has 1 aromatic rings. The quantitative estimate of drug-likeness (QED) is 0.829. The minimum absolute atomic E-state index is 0.123. The molecule has 0 bridgehead atoms. The van der Waals surface area contributed by atoms with Crippen LogP contribution in [0.4, 0.5) is 0 Å². The largest absolute Gasteiger partial charge is 0.218 e. The first-order chi connectivity index (χ1) is 8.09. The average molecular weight is 253 g/mol. The number of rotatable bonds is 3. The predicted molar refractivity (Wildman–Crippen MR) is 69.1 cm³/mol. The number of piperidine rings is 1. The van der Waals surface area contributed by atoms with E-state index in [9.17, 15) is 8.42 Å². The Morgan fingerprint density at radius 3 is 2.59 bits per heavy atom. The molecule has 1 aliphatic rings.